The second-order valence-electron chi connectivity index (χ2n) is 7.44. The number of aromatic hydroxyl groups is 1. The van der Waals surface area contributed by atoms with Crippen LogP contribution in [-0.4, -0.2) is 23.3 Å². The van der Waals surface area contributed by atoms with Gasteiger partial charge in [-0.2, -0.15) is 0 Å². The summed E-state index contributed by atoms with van der Waals surface area (Å²) in [4.78, 5) is 23.7. The van der Waals surface area contributed by atoms with Crippen molar-refractivity contribution in [1.82, 2.24) is 5.32 Å². The summed E-state index contributed by atoms with van der Waals surface area (Å²) in [5.41, 5.74) is 2.97. The minimum Gasteiger partial charge on any atom is -0.507 e. The van der Waals surface area contributed by atoms with Gasteiger partial charge in [0.25, 0.3) is 5.91 Å². The third-order valence-corrected chi connectivity index (χ3v) is 5.58. The predicted molar refractivity (Wildman–Crippen MR) is 111 cm³/mol. The van der Waals surface area contributed by atoms with Gasteiger partial charge in [-0.1, -0.05) is 49.6 Å². The number of nitrogens with one attached hydrogen (secondary N) is 1. The topological polar surface area (TPSA) is 66.4 Å². The van der Waals surface area contributed by atoms with Crippen LogP contribution in [0.1, 0.15) is 52.8 Å². The molecule has 0 unspecified atom stereocenters. The summed E-state index contributed by atoms with van der Waals surface area (Å²) in [6.07, 6.45) is 6.46. The molecular formula is C24H23NO3. The zero-order valence-electron chi connectivity index (χ0n) is 15.7. The minimum absolute atomic E-state index is 0.0106. The molecular weight excluding hydrogens is 350 g/mol. The van der Waals surface area contributed by atoms with Gasteiger partial charge in [-0.25, -0.2) is 0 Å². The molecule has 0 spiro atoms. The average Bonchev–Trinajstić information content (AvgIpc) is 2.74. The molecule has 2 N–H and O–H groups in total. The predicted octanol–water partition coefficient (Wildman–Crippen LogP) is 5.09. The zero-order valence-corrected chi connectivity index (χ0v) is 15.7. The van der Waals surface area contributed by atoms with E-state index >= 15 is 0 Å². The fraction of sp³-hybridized carbons (Fsp3) is 0.250. The molecule has 3 aromatic carbocycles. The lowest BCUT2D eigenvalue weighted by Crippen LogP contribution is -2.36. The molecule has 0 radical (unpaired) electrons. The first-order chi connectivity index (χ1) is 13.7. The number of hydrogen-bond acceptors (Lipinski definition) is 3. The van der Waals surface area contributed by atoms with Gasteiger partial charge < -0.3 is 10.4 Å². The summed E-state index contributed by atoms with van der Waals surface area (Å²) >= 11 is 0. The second-order valence-corrected chi connectivity index (χ2v) is 7.44. The van der Waals surface area contributed by atoms with E-state index in [1.54, 1.807) is 6.07 Å². The first-order valence-corrected chi connectivity index (χ1v) is 9.78. The Kier molecular flexibility index (Phi) is 5.11. The Bertz CT molecular complexity index is 1020. The lowest BCUT2D eigenvalue weighted by molar-refractivity contribution is 0.0927. The van der Waals surface area contributed by atoms with Crippen molar-refractivity contribution in [1.29, 1.82) is 0 Å². The monoisotopic (exact) mass is 373 g/mol. The number of phenols is 1. The molecule has 1 fully saturated rings. The van der Waals surface area contributed by atoms with Gasteiger partial charge in [-0.05, 0) is 59.0 Å². The van der Waals surface area contributed by atoms with Crippen LogP contribution in [0.4, 0.5) is 0 Å². The van der Waals surface area contributed by atoms with E-state index in [0.29, 0.717) is 23.5 Å². The first-order valence-electron chi connectivity index (χ1n) is 9.78. The molecule has 4 nitrogen and oxygen atoms in total. The van der Waals surface area contributed by atoms with E-state index in [2.05, 4.69) is 5.32 Å². The van der Waals surface area contributed by atoms with E-state index in [-0.39, 0.29) is 11.7 Å². The van der Waals surface area contributed by atoms with Gasteiger partial charge in [0.1, 0.15) is 5.75 Å². The molecule has 1 saturated carbocycles. The molecule has 4 heteroatoms. The largest absolute Gasteiger partial charge is 0.507 e. The van der Waals surface area contributed by atoms with Crippen molar-refractivity contribution in [3.63, 3.8) is 0 Å². The first kappa shape index (κ1) is 18.2. The van der Waals surface area contributed by atoms with E-state index in [1.165, 1.54) is 25.3 Å². The van der Waals surface area contributed by atoms with Gasteiger partial charge in [0.15, 0.2) is 6.29 Å². The fourth-order valence-electron chi connectivity index (χ4n) is 3.98. The number of phenolic OH excluding ortho intramolecular Hbond substituents is 1. The smallest absolute Gasteiger partial charge is 0.251 e. The van der Waals surface area contributed by atoms with Gasteiger partial charge in [-0.3, -0.25) is 9.59 Å². The van der Waals surface area contributed by atoms with Crippen LogP contribution in [0.3, 0.4) is 0 Å². The van der Waals surface area contributed by atoms with E-state index in [9.17, 15) is 14.7 Å². The third kappa shape index (κ3) is 3.63. The van der Waals surface area contributed by atoms with Crippen molar-refractivity contribution in [2.45, 2.75) is 38.1 Å². The van der Waals surface area contributed by atoms with Gasteiger partial charge in [0.05, 0.1) is 5.56 Å². The Morgan fingerprint density at radius 3 is 2.36 bits per heavy atom. The molecule has 142 valence electrons. The molecule has 28 heavy (non-hydrogen) atoms. The molecule has 1 amide bonds. The van der Waals surface area contributed by atoms with Crippen molar-refractivity contribution < 1.29 is 14.7 Å². The standard InChI is InChI=1S/C24H23NO3/c26-15-22-21-12-10-18(14-19(21)11-13-23(22)27)16-6-8-17(9-7-16)24(28)25-20-4-2-1-3-5-20/h6-15,20,27H,1-5H2,(H,25,28). The summed E-state index contributed by atoms with van der Waals surface area (Å²) in [5, 5.41) is 14.6. The van der Waals surface area contributed by atoms with Gasteiger partial charge >= 0.3 is 0 Å². The van der Waals surface area contributed by atoms with Crippen molar-refractivity contribution in [3.05, 3.63) is 65.7 Å². The van der Waals surface area contributed by atoms with Crippen LogP contribution in [0, 0.1) is 0 Å². The van der Waals surface area contributed by atoms with Gasteiger partial charge in [0, 0.05) is 11.6 Å². The molecule has 0 bridgehead atoms. The SMILES string of the molecule is O=Cc1c(O)ccc2cc(-c3ccc(C(=O)NC4CCCCC4)cc3)ccc12. The van der Waals surface area contributed by atoms with E-state index in [0.717, 1.165) is 34.7 Å². The molecule has 4 rings (SSSR count). The molecule has 0 atom stereocenters. The maximum Gasteiger partial charge on any atom is 0.251 e. The third-order valence-electron chi connectivity index (χ3n) is 5.58. The quantitative estimate of drug-likeness (QED) is 0.626. The van der Waals surface area contributed by atoms with Crippen molar-refractivity contribution >= 4 is 23.0 Å². The summed E-state index contributed by atoms with van der Waals surface area (Å²) in [6.45, 7) is 0. The average molecular weight is 373 g/mol. The molecule has 1 aliphatic rings. The van der Waals surface area contributed by atoms with Crippen LogP contribution in [0.25, 0.3) is 21.9 Å². The number of fused-ring (bicyclic) bond motifs is 1. The van der Waals surface area contributed by atoms with Crippen molar-refractivity contribution in [2.24, 2.45) is 0 Å². The van der Waals surface area contributed by atoms with E-state index in [1.807, 2.05) is 42.5 Å². The summed E-state index contributed by atoms with van der Waals surface area (Å²) < 4.78 is 0. The highest BCUT2D eigenvalue weighted by molar-refractivity contribution is 6.02. The molecule has 0 heterocycles. The Balaban J connectivity index is 1.55. The maximum atomic E-state index is 12.5. The number of carbonyl (C=O) groups excluding carboxylic acids is 2. The number of carbonyl (C=O) groups is 2. The number of benzene rings is 3. The zero-order chi connectivity index (χ0) is 19.5. The molecule has 1 aliphatic carbocycles. The van der Waals surface area contributed by atoms with Crippen LogP contribution < -0.4 is 5.32 Å². The van der Waals surface area contributed by atoms with Crippen molar-refractivity contribution in [2.75, 3.05) is 0 Å². The molecule has 0 aliphatic heterocycles. The fourth-order valence-corrected chi connectivity index (χ4v) is 3.98. The minimum atomic E-state index is -0.0111. The number of aldehydes is 1. The lowest BCUT2D eigenvalue weighted by atomic mass is 9.95. The maximum absolute atomic E-state index is 12.5. The number of rotatable bonds is 4. The van der Waals surface area contributed by atoms with Crippen LogP contribution in [0.2, 0.25) is 0 Å². The van der Waals surface area contributed by atoms with Crippen LogP contribution in [-0.2, 0) is 0 Å². The van der Waals surface area contributed by atoms with E-state index in [4.69, 9.17) is 0 Å². The highest BCUT2D eigenvalue weighted by Crippen LogP contribution is 2.30. The molecule has 0 saturated heterocycles. The highest BCUT2D eigenvalue weighted by Gasteiger charge is 2.16. The highest BCUT2D eigenvalue weighted by atomic mass is 16.3. The van der Waals surface area contributed by atoms with Gasteiger partial charge in [-0.15, -0.1) is 0 Å². The normalized spacial score (nSPS) is 14.7. The van der Waals surface area contributed by atoms with Crippen LogP contribution in [0.5, 0.6) is 5.75 Å². The molecule has 0 aromatic heterocycles. The number of amides is 1. The Morgan fingerprint density at radius 2 is 1.64 bits per heavy atom. The van der Waals surface area contributed by atoms with Crippen LogP contribution in [0.15, 0.2) is 54.6 Å². The van der Waals surface area contributed by atoms with Crippen molar-refractivity contribution in [3.8, 4) is 16.9 Å². The summed E-state index contributed by atoms with van der Waals surface area (Å²) in [5.74, 6) is -0.0216. The van der Waals surface area contributed by atoms with E-state index < -0.39 is 0 Å². The lowest BCUT2D eigenvalue weighted by Gasteiger charge is -2.22. The summed E-state index contributed by atoms with van der Waals surface area (Å²) in [7, 11) is 0. The molecule has 3 aromatic rings. The van der Waals surface area contributed by atoms with Crippen LogP contribution >= 0.6 is 0 Å². The summed E-state index contributed by atoms with van der Waals surface area (Å²) in [6, 6.07) is 17.0. The Hall–Kier alpha value is -3.14. The Labute approximate surface area is 164 Å². The Morgan fingerprint density at radius 1 is 0.929 bits per heavy atom. The van der Waals surface area contributed by atoms with Gasteiger partial charge in [0.2, 0.25) is 0 Å². The number of hydrogen-bond donors (Lipinski definition) is 2. The second kappa shape index (κ2) is 7.85.